The van der Waals surface area contributed by atoms with Crippen LogP contribution < -0.4 is 0 Å². The first kappa shape index (κ1) is 14.7. The molecule has 0 aromatic heterocycles. The van der Waals surface area contributed by atoms with Crippen molar-refractivity contribution in [3.63, 3.8) is 0 Å². The maximum atomic E-state index is 11.2. The third-order valence-electron chi connectivity index (χ3n) is 2.09. The summed E-state index contributed by atoms with van der Waals surface area (Å²) < 4.78 is 4.71. The largest absolute Gasteiger partial charge is 0.461 e. The van der Waals surface area contributed by atoms with Crippen molar-refractivity contribution in [3.05, 3.63) is 12.2 Å². The second kappa shape index (κ2) is 10.2. The van der Waals surface area contributed by atoms with E-state index >= 15 is 0 Å². The van der Waals surface area contributed by atoms with Gasteiger partial charge in [-0.1, -0.05) is 37.4 Å². The van der Waals surface area contributed by atoms with Gasteiger partial charge in [0.1, 0.15) is 0 Å². The maximum Gasteiger partial charge on any atom is 0.360 e. The first-order valence-corrected chi connectivity index (χ1v) is 5.82. The Morgan fingerprint density at radius 1 is 1.31 bits per heavy atom. The van der Waals surface area contributed by atoms with Gasteiger partial charge in [-0.25, -0.2) is 4.79 Å². The van der Waals surface area contributed by atoms with E-state index in [1.807, 2.05) is 6.08 Å². The van der Waals surface area contributed by atoms with Gasteiger partial charge in [0, 0.05) is 0 Å². The molecule has 0 spiro atoms. The summed E-state index contributed by atoms with van der Waals surface area (Å²) in [5, 5.41) is 11.5. The van der Waals surface area contributed by atoms with Gasteiger partial charge in [0.2, 0.25) is 0 Å². The minimum atomic E-state index is -0.588. The zero-order valence-electron chi connectivity index (χ0n) is 10.1. The molecule has 0 fully saturated rings. The minimum Gasteiger partial charge on any atom is -0.461 e. The number of ether oxygens (including phenoxy) is 1. The first-order chi connectivity index (χ1) is 7.76. The van der Waals surface area contributed by atoms with Crippen LogP contribution in [0.2, 0.25) is 0 Å². The van der Waals surface area contributed by atoms with Crippen LogP contribution in [0, 0.1) is 0 Å². The second-order valence-electron chi connectivity index (χ2n) is 3.46. The van der Waals surface area contributed by atoms with Crippen molar-refractivity contribution >= 4 is 11.7 Å². The lowest BCUT2D eigenvalue weighted by atomic mass is 10.1. The van der Waals surface area contributed by atoms with Crippen LogP contribution in [-0.2, 0) is 9.53 Å². The van der Waals surface area contributed by atoms with E-state index in [0.29, 0.717) is 0 Å². The average molecular weight is 227 g/mol. The zero-order valence-corrected chi connectivity index (χ0v) is 10.1. The van der Waals surface area contributed by atoms with Gasteiger partial charge in [-0.3, -0.25) is 0 Å². The number of esters is 1. The van der Waals surface area contributed by atoms with E-state index < -0.39 is 5.97 Å². The molecule has 0 saturated heterocycles. The monoisotopic (exact) mass is 227 g/mol. The van der Waals surface area contributed by atoms with Gasteiger partial charge in [0.05, 0.1) is 6.61 Å². The van der Waals surface area contributed by atoms with Crippen molar-refractivity contribution in [2.24, 2.45) is 5.16 Å². The topological polar surface area (TPSA) is 58.9 Å². The highest BCUT2D eigenvalue weighted by molar-refractivity contribution is 6.40. The van der Waals surface area contributed by atoms with Crippen molar-refractivity contribution < 1.29 is 14.7 Å². The van der Waals surface area contributed by atoms with Crippen LogP contribution in [0.3, 0.4) is 0 Å². The van der Waals surface area contributed by atoms with E-state index in [0.717, 1.165) is 12.8 Å². The lowest BCUT2D eigenvalue weighted by Crippen LogP contribution is -2.15. The number of hydrogen-bond donors (Lipinski definition) is 1. The Kier molecular flexibility index (Phi) is 9.36. The molecule has 0 aromatic carbocycles. The molecule has 0 radical (unpaired) electrons. The molecule has 1 N–H and O–H groups in total. The van der Waals surface area contributed by atoms with Crippen molar-refractivity contribution in [1.29, 1.82) is 0 Å². The normalized spacial score (nSPS) is 12.0. The van der Waals surface area contributed by atoms with Gasteiger partial charge >= 0.3 is 5.97 Å². The second-order valence-corrected chi connectivity index (χ2v) is 3.46. The fourth-order valence-corrected chi connectivity index (χ4v) is 1.23. The van der Waals surface area contributed by atoms with Crippen molar-refractivity contribution in [2.45, 2.75) is 46.0 Å². The lowest BCUT2D eigenvalue weighted by Gasteiger charge is -1.99. The molecular weight excluding hydrogens is 206 g/mol. The van der Waals surface area contributed by atoms with Crippen molar-refractivity contribution in [2.75, 3.05) is 6.61 Å². The van der Waals surface area contributed by atoms with Gasteiger partial charge in [-0.15, -0.1) is 0 Å². The number of unbranched alkanes of at least 4 members (excludes halogenated alkanes) is 4. The molecule has 0 aromatic rings. The van der Waals surface area contributed by atoms with Gasteiger partial charge in [-0.05, 0) is 25.8 Å². The van der Waals surface area contributed by atoms with Crippen LogP contribution in [0.15, 0.2) is 17.3 Å². The lowest BCUT2D eigenvalue weighted by molar-refractivity contribution is -0.135. The maximum absolute atomic E-state index is 11.2. The summed E-state index contributed by atoms with van der Waals surface area (Å²) in [6.45, 7) is 4.15. The molecule has 0 aliphatic rings. The number of nitrogens with zero attached hydrogens (tertiary/aromatic N) is 1. The Hall–Kier alpha value is -1.32. The highest BCUT2D eigenvalue weighted by Crippen LogP contribution is 2.03. The van der Waals surface area contributed by atoms with Gasteiger partial charge in [0.25, 0.3) is 0 Å². The average Bonchev–Trinajstić information content (AvgIpc) is 2.28. The van der Waals surface area contributed by atoms with Crippen LogP contribution in [0.1, 0.15) is 46.0 Å². The first-order valence-electron chi connectivity index (χ1n) is 5.82. The van der Waals surface area contributed by atoms with Crippen molar-refractivity contribution in [3.8, 4) is 0 Å². The molecule has 0 aliphatic heterocycles. The smallest absolute Gasteiger partial charge is 0.360 e. The summed E-state index contributed by atoms with van der Waals surface area (Å²) in [6.07, 6.45) is 8.93. The van der Waals surface area contributed by atoms with E-state index in [9.17, 15) is 4.79 Å². The number of allylic oxidation sites excluding steroid dienone is 1. The summed E-state index contributed by atoms with van der Waals surface area (Å²) in [4.78, 5) is 11.2. The summed E-state index contributed by atoms with van der Waals surface area (Å²) >= 11 is 0. The van der Waals surface area contributed by atoms with E-state index in [-0.39, 0.29) is 12.3 Å². The minimum absolute atomic E-state index is 0.0441. The number of carbonyl (C=O) groups is 1. The molecule has 4 nitrogen and oxygen atoms in total. The third kappa shape index (κ3) is 7.04. The molecular formula is C12H21NO3. The molecule has 0 saturated carbocycles. The van der Waals surface area contributed by atoms with Crippen molar-refractivity contribution in [1.82, 2.24) is 0 Å². The summed E-state index contributed by atoms with van der Waals surface area (Å²) in [6, 6.07) is 0. The SMILES string of the molecule is CCCCCC/C=C/C(=N/O)C(=O)OCC. The molecule has 92 valence electrons. The van der Waals surface area contributed by atoms with Crippen LogP contribution in [0.25, 0.3) is 0 Å². The molecule has 4 heteroatoms. The Morgan fingerprint density at radius 3 is 2.62 bits per heavy atom. The molecule has 0 heterocycles. The Balaban J connectivity index is 3.85. The number of hydrogen-bond acceptors (Lipinski definition) is 4. The number of oxime groups is 1. The van der Waals surface area contributed by atoms with E-state index in [2.05, 4.69) is 12.1 Å². The third-order valence-corrected chi connectivity index (χ3v) is 2.09. The highest BCUT2D eigenvalue weighted by atomic mass is 16.5. The predicted molar refractivity (Wildman–Crippen MR) is 63.8 cm³/mol. The molecule has 0 unspecified atom stereocenters. The summed E-state index contributed by atoms with van der Waals surface area (Å²) in [5.41, 5.74) is -0.0441. The number of rotatable bonds is 8. The molecule has 0 aliphatic carbocycles. The fourth-order valence-electron chi connectivity index (χ4n) is 1.23. The molecule has 16 heavy (non-hydrogen) atoms. The Bertz CT molecular complexity index is 247. The van der Waals surface area contributed by atoms with E-state index in [1.165, 1.54) is 25.3 Å². The summed E-state index contributed by atoms with van der Waals surface area (Å²) in [7, 11) is 0. The summed E-state index contributed by atoms with van der Waals surface area (Å²) in [5.74, 6) is -0.588. The van der Waals surface area contributed by atoms with Gasteiger partial charge in [-0.2, -0.15) is 0 Å². The Labute approximate surface area is 97.0 Å². The zero-order chi connectivity index (χ0) is 12.2. The standard InChI is InChI=1S/C12H21NO3/c1-3-5-6-7-8-9-10-11(13-15)12(14)16-4-2/h9-10,15H,3-8H2,1-2H3/b10-9+,13-11-. The number of carbonyl (C=O) groups excluding carboxylic acids is 1. The quantitative estimate of drug-likeness (QED) is 0.228. The van der Waals surface area contributed by atoms with Crippen LogP contribution in [-0.4, -0.2) is 23.5 Å². The van der Waals surface area contributed by atoms with Gasteiger partial charge < -0.3 is 9.94 Å². The molecule has 0 rings (SSSR count). The highest BCUT2D eigenvalue weighted by Gasteiger charge is 2.08. The molecule has 0 atom stereocenters. The van der Waals surface area contributed by atoms with Gasteiger partial charge in [0.15, 0.2) is 5.71 Å². The predicted octanol–water partition coefficient (Wildman–Crippen LogP) is 2.91. The van der Waals surface area contributed by atoms with E-state index in [4.69, 9.17) is 9.94 Å². The van der Waals surface area contributed by atoms with Crippen LogP contribution in [0.4, 0.5) is 0 Å². The van der Waals surface area contributed by atoms with E-state index in [1.54, 1.807) is 6.92 Å². The molecule has 0 bridgehead atoms. The fraction of sp³-hybridized carbons (Fsp3) is 0.667. The van der Waals surface area contributed by atoms with Crippen LogP contribution in [0.5, 0.6) is 0 Å². The van der Waals surface area contributed by atoms with Crippen LogP contribution >= 0.6 is 0 Å². The Morgan fingerprint density at radius 2 is 2.06 bits per heavy atom. The molecule has 0 amide bonds.